The van der Waals surface area contributed by atoms with E-state index in [2.05, 4.69) is 5.32 Å². The molecule has 1 N–H and O–H groups in total. The first-order valence-corrected chi connectivity index (χ1v) is 9.35. The fourth-order valence-electron chi connectivity index (χ4n) is 3.03. The predicted molar refractivity (Wildman–Crippen MR) is 98.3 cm³/mol. The van der Waals surface area contributed by atoms with Gasteiger partial charge in [-0.25, -0.2) is 4.79 Å². The number of benzene rings is 1. The Morgan fingerprint density at radius 3 is 2.23 bits per heavy atom. The van der Waals surface area contributed by atoms with Gasteiger partial charge in [0.15, 0.2) is 12.7 Å². The van der Waals surface area contributed by atoms with Crippen molar-refractivity contribution in [3.63, 3.8) is 0 Å². The van der Waals surface area contributed by atoms with E-state index in [9.17, 15) is 9.59 Å². The third-order valence-corrected chi connectivity index (χ3v) is 4.52. The Balaban J connectivity index is 1.71. The van der Waals surface area contributed by atoms with Crippen molar-refractivity contribution < 1.29 is 23.8 Å². The van der Waals surface area contributed by atoms with Gasteiger partial charge in [-0.3, -0.25) is 4.79 Å². The molecule has 1 fully saturated rings. The minimum absolute atomic E-state index is 0.189. The van der Waals surface area contributed by atoms with E-state index >= 15 is 0 Å². The highest BCUT2D eigenvalue weighted by Gasteiger charge is 2.19. The topological polar surface area (TPSA) is 73.9 Å². The average molecular weight is 363 g/mol. The Labute approximate surface area is 155 Å². The summed E-state index contributed by atoms with van der Waals surface area (Å²) in [6.07, 6.45) is 7.20. The highest BCUT2D eigenvalue weighted by Crippen LogP contribution is 2.19. The molecule has 26 heavy (non-hydrogen) atoms. The second kappa shape index (κ2) is 10.7. The molecule has 0 aliphatic heterocycles. The quantitative estimate of drug-likeness (QED) is 0.753. The normalized spacial score (nSPS) is 16.7. The van der Waals surface area contributed by atoms with Gasteiger partial charge in [0.2, 0.25) is 0 Å². The van der Waals surface area contributed by atoms with Gasteiger partial charge in [-0.2, -0.15) is 0 Å². The van der Waals surface area contributed by atoms with Crippen LogP contribution < -0.4 is 14.8 Å². The van der Waals surface area contributed by atoms with Gasteiger partial charge >= 0.3 is 5.97 Å². The van der Waals surface area contributed by atoms with Crippen LogP contribution in [0.15, 0.2) is 24.3 Å². The fraction of sp³-hybridized carbons (Fsp3) is 0.600. The third kappa shape index (κ3) is 6.94. The first-order valence-electron chi connectivity index (χ1n) is 9.35. The molecule has 0 saturated heterocycles. The summed E-state index contributed by atoms with van der Waals surface area (Å²) in [6, 6.07) is 7.11. The third-order valence-electron chi connectivity index (χ3n) is 4.52. The molecule has 1 aliphatic carbocycles. The first kappa shape index (κ1) is 20.1. The number of methoxy groups -OCH3 is 1. The fourth-order valence-corrected chi connectivity index (χ4v) is 3.03. The molecule has 0 radical (unpaired) electrons. The molecule has 1 aromatic carbocycles. The summed E-state index contributed by atoms with van der Waals surface area (Å²) in [4.78, 5) is 24.0. The summed E-state index contributed by atoms with van der Waals surface area (Å²) >= 11 is 0. The number of hydrogen-bond donors (Lipinski definition) is 1. The van der Waals surface area contributed by atoms with Gasteiger partial charge in [0.05, 0.1) is 7.11 Å². The maximum Gasteiger partial charge on any atom is 0.347 e. The summed E-state index contributed by atoms with van der Waals surface area (Å²) in [6.45, 7) is 1.32. The standard InChI is InChI=1S/C20H29NO5/c1-15(26-18-12-10-17(24-2)11-13-18)20(23)25-14-19(22)21-16-8-6-4-3-5-7-9-16/h10-13,15-16H,3-9,14H2,1-2H3,(H,21,22). The molecule has 0 heterocycles. The molecule has 0 aromatic heterocycles. The molecule has 6 nitrogen and oxygen atoms in total. The number of ether oxygens (including phenoxy) is 3. The monoisotopic (exact) mass is 363 g/mol. The van der Waals surface area contributed by atoms with Crippen LogP contribution in [0.5, 0.6) is 11.5 Å². The van der Waals surface area contributed by atoms with Crippen LogP contribution in [0.4, 0.5) is 0 Å². The maximum absolute atomic E-state index is 12.0. The minimum atomic E-state index is -0.794. The summed E-state index contributed by atoms with van der Waals surface area (Å²) in [7, 11) is 1.58. The number of hydrogen-bond acceptors (Lipinski definition) is 5. The molecule has 1 amide bonds. The van der Waals surface area contributed by atoms with Gasteiger partial charge in [-0.15, -0.1) is 0 Å². The number of amides is 1. The lowest BCUT2D eigenvalue weighted by molar-refractivity contribution is -0.154. The van der Waals surface area contributed by atoms with E-state index in [1.165, 1.54) is 19.3 Å². The molecule has 1 unspecified atom stereocenters. The van der Waals surface area contributed by atoms with Gasteiger partial charge in [0.25, 0.3) is 5.91 Å². The van der Waals surface area contributed by atoms with E-state index in [1.807, 2.05) is 0 Å². The zero-order valence-electron chi connectivity index (χ0n) is 15.7. The van der Waals surface area contributed by atoms with Crippen LogP contribution >= 0.6 is 0 Å². The predicted octanol–water partition coefficient (Wildman–Crippen LogP) is 3.23. The molecule has 1 aliphatic rings. The molecule has 2 rings (SSSR count). The van der Waals surface area contributed by atoms with E-state index in [4.69, 9.17) is 14.2 Å². The van der Waals surface area contributed by atoms with Crippen LogP contribution in [0.2, 0.25) is 0 Å². The van der Waals surface area contributed by atoms with Crippen LogP contribution in [-0.4, -0.2) is 37.7 Å². The van der Waals surface area contributed by atoms with E-state index in [1.54, 1.807) is 38.3 Å². The largest absolute Gasteiger partial charge is 0.497 e. The molecular formula is C20H29NO5. The Hall–Kier alpha value is -2.24. The molecule has 6 heteroatoms. The summed E-state index contributed by atoms with van der Waals surface area (Å²) in [5.41, 5.74) is 0. The van der Waals surface area contributed by atoms with E-state index in [-0.39, 0.29) is 18.6 Å². The number of esters is 1. The van der Waals surface area contributed by atoms with Crippen LogP contribution in [0.3, 0.4) is 0 Å². The second-order valence-corrected chi connectivity index (χ2v) is 6.65. The highest BCUT2D eigenvalue weighted by atomic mass is 16.6. The molecule has 0 spiro atoms. The van der Waals surface area contributed by atoms with Crippen LogP contribution in [0, 0.1) is 0 Å². The molecular weight excluding hydrogens is 334 g/mol. The molecule has 1 atom stereocenters. The number of rotatable bonds is 7. The Morgan fingerprint density at radius 2 is 1.62 bits per heavy atom. The van der Waals surface area contributed by atoms with Crippen molar-refractivity contribution in [1.82, 2.24) is 5.32 Å². The Morgan fingerprint density at radius 1 is 1.04 bits per heavy atom. The lowest BCUT2D eigenvalue weighted by Crippen LogP contribution is -2.39. The first-order chi connectivity index (χ1) is 12.6. The molecule has 1 saturated carbocycles. The number of carbonyl (C=O) groups is 2. The van der Waals surface area contributed by atoms with Crippen molar-refractivity contribution in [2.24, 2.45) is 0 Å². The summed E-state index contributed by atoms with van der Waals surface area (Å²) in [5.74, 6) is 0.432. The Bertz CT molecular complexity index is 564. The van der Waals surface area contributed by atoms with E-state index in [0.717, 1.165) is 25.7 Å². The van der Waals surface area contributed by atoms with Crippen molar-refractivity contribution in [3.8, 4) is 11.5 Å². The van der Waals surface area contributed by atoms with Crippen LogP contribution in [0.1, 0.15) is 51.9 Å². The Kier molecular flexibility index (Phi) is 8.25. The summed E-state index contributed by atoms with van der Waals surface area (Å²) in [5, 5.41) is 2.97. The minimum Gasteiger partial charge on any atom is -0.497 e. The van der Waals surface area contributed by atoms with Crippen molar-refractivity contribution in [3.05, 3.63) is 24.3 Å². The zero-order valence-corrected chi connectivity index (χ0v) is 15.7. The lowest BCUT2D eigenvalue weighted by atomic mass is 9.97. The number of carbonyl (C=O) groups excluding carboxylic acids is 2. The molecule has 144 valence electrons. The highest BCUT2D eigenvalue weighted by molar-refractivity contribution is 5.82. The van der Waals surface area contributed by atoms with Crippen molar-refractivity contribution >= 4 is 11.9 Å². The van der Waals surface area contributed by atoms with E-state index < -0.39 is 12.1 Å². The SMILES string of the molecule is COc1ccc(OC(C)C(=O)OCC(=O)NC2CCCCCCC2)cc1. The smallest absolute Gasteiger partial charge is 0.347 e. The van der Waals surface area contributed by atoms with Gasteiger partial charge < -0.3 is 19.5 Å². The zero-order chi connectivity index (χ0) is 18.8. The van der Waals surface area contributed by atoms with Crippen LogP contribution in [0.25, 0.3) is 0 Å². The van der Waals surface area contributed by atoms with Crippen molar-refractivity contribution in [2.45, 2.75) is 64.0 Å². The molecule has 0 bridgehead atoms. The van der Waals surface area contributed by atoms with Gasteiger partial charge in [0, 0.05) is 6.04 Å². The molecule has 1 aromatic rings. The number of nitrogens with one attached hydrogen (secondary N) is 1. The van der Waals surface area contributed by atoms with Crippen LogP contribution in [-0.2, 0) is 14.3 Å². The maximum atomic E-state index is 12.0. The summed E-state index contributed by atoms with van der Waals surface area (Å²) < 4.78 is 15.7. The van der Waals surface area contributed by atoms with Gasteiger partial charge in [-0.05, 0) is 44.0 Å². The lowest BCUT2D eigenvalue weighted by Gasteiger charge is -2.21. The van der Waals surface area contributed by atoms with E-state index in [0.29, 0.717) is 11.5 Å². The second-order valence-electron chi connectivity index (χ2n) is 6.65. The van der Waals surface area contributed by atoms with Crippen molar-refractivity contribution in [1.29, 1.82) is 0 Å². The van der Waals surface area contributed by atoms with Gasteiger partial charge in [0.1, 0.15) is 11.5 Å². The van der Waals surface area contributed by atoms with Crippen molar-refractivity contribution in [2.75, 3.05) is 13.7 Å². The van der Waals surface area contributed by atoms with Gasteiger partial charge in [-0.1, -0.05) is 32.1 Å². The average Bonchev–Trinajstić information content (AvgIpc) is 2.62.